The van der Waals surface area contributed by atoms with Crippen molar-refractivity contribution >= 4 is 5.91 Å². The van der Waals surface area contributed by atoms with Crippen LogP contribution in [-0.4, -0.2) is 58.3 Å². The molecule has 5 rings (SSSR count). The summed E-state index contributed by atoms with van der Waals surface area (Å²) in [6.07, 6.45) is 3.31. The van der Waals surface area contributed by atoms with Crippen molar-refractivity contribution in [2.75, 3.05) is 31.8 Å². The lowest BCUT2D eigenvalue weighted by Gasteiger charge is -2.47. The van der Waals surface area contributed by atoms with Crippen LogP contribution < -0.4 is 10.4 Å². The van der Waals surface area contributed by atoms with Gasteiger partial charge in [0.05, 0.1) is 6.04 Å². The van der Waals surface area contributed by atoms with E-state index < -0.39 is 11.2 Å². The molecule has 0 aliphatic carbocycles. The van der Waals surface area contributed by atoms with Gasteiger partial charge in [-0.2, -0.15) is 0 Å². The molecule has 1 fully saturated rings. The number of carbonyl (C=O) groups excluding carboxylic acids is 1. The molecule has 33 heavy (non-hydrogen) atoms. The van der Waals surface area contributed by atoms with Gasteiger partial charge in [-0.05, 0) is 44.1 Å². The molecule has 7 nitrogen and oxygen atoms in total. The average Bonchev–Trinajstić information content (AvgIpc) is 2.85. The number of aromatic hydroxyl groups is 1. The van der Waals surface area contributed by atoms with Crippen molar-refractivity contribution in [3.63, 3.8) is 0 Å². The minimum absolute atomic E-state index is 0.0320. The van der Waals surface area contributed by atoms with E-state index >= 15 is 0 Å². The Morgan fingerprint density at radius 3 is 2.03 bits per heavy atom. The Hall–Kier alpha value is -3.58. The normalized spacial score (nSPS) is 17.5. The van der Waals surface area contributed by atoms with Crippen LogP contribution in [0.1, 0.15) is 40.5 Å². The zero-order valence-electron chi connectivity index (χ0n) is 18.7. The van der Waals surface area contributed by atoms with Gasteiger partial charge in [-0.15, -0.1) is 0 Å². The SMILES string of the molecule is CN1CCC(N2CN(C(c3ccccc3)c3ccccc3)n3ccc(=O)c(O)c3C2=O)CC1. The second kappa shape index (κ2) is 8.75. The fourth-order valence-electron chi connectivity index (χ4n) is 4.96. The van der Waals surface area contributed by atoms with E-state index in [0.717, 1.165) is 37.1 Å². The lowest BCUT2D eigenvalue weighted by atomic mass is 9.97. The molecule has 1 N–H and O–H groups in total. The van der Waals surface area contributed by atoms with E-state index in [-0.39, 0.29) is 23.7 Å². The molecule has 0 saturated carbocycles. The van der Waals surface area contributed by atoms with Crippen molar-refractivity contribution in [2.24, 2.45) is 0 Å². The van der Waals surface area contributed by atoms with Crippen molar-refractivity contribution in [3.05, 3.63) is 100.0 Å². The first kappa shape index (κ1) is 21.3. The predicted octanol–water partition coefficient (Wildman–Crippen LogP) is 2.79. The highest BCUT2D eigenvalue weighted by Crippen LogP contribution is 2.33. The predicted molar refractivity (Wildman–Crippen MR) is 127 cm³/mol. The topological polar surface area (TPSA) is 69.0 Å². The number of nitrogens with zero attached hydrogens (tertiary/aromatic N) is 4. The van der Waals surface area contributed by atoms with Crippen molar-refractivity contribution in [1.29, 1.82) is 0 Å². The highest BCUT2D eigenvalue weighted by atomic mass is 16.3. The summed E-state index contributed by atoms with van der Waals surface area (Å²) in [6, 6.07) is 21.4. The van der Waals surface area contributed by atoms with E-state index in [1.807, 2.05) is 41.3 Å². The van der Waals surface area contributed by atoms with Crippen LogP contribution in [0.15, 0.2) is 77.7 Å². The second-order valence-corrected chi connectivity index (χ2v) is 8.84. The first-order chi connectivity index (χ1) is 16.0. The van der Waals surface area contributed by atoms with E-state index in [1.165, 1.54) is 6.07 Å². The van der Waals surface area contributed by atoms with E-state index in [4.69, 9.17) is 0 Å². The van der Waals surface area contributed by atoms with Crippen molar-refractivity contribution in [2.45, 2.75) is 24.9 Å². The highest BCUT2D eigenvalue weighted by molar-refractivity contribution is 5.96. The number of likely N-dealkylation sites (tertiary alicyclic amines) is 1. The van der Waals surface area contributed by atoms with Gasteiger partial charge in [-0.25, -0.2) is 0 Å². The third-order valence-corrected chi connectivity index (χ3v) is 6.75. The van der Waals surface area contributed by atoms with Gasteiger partial charge in [0.1, 0.15) is 6.67 Å². The van der Waals surface area contributed by atoms with Gasteiger partial charge < -0.3 is 14.9 Å². The first-order valence-electron chi connectivity index (χ1n) is 11.4. The third kappa shape index (κ3) is 3.89. The number of piperidine rings is 1. The molecule has 0 atom stereocenters. The molecule has 3 heterocycles. The van der Waals surface area contributed by atoms with Gasteiger partial charge in [0.25, 0.3) is 5.91 Å². The Balaban J connectivity index is 1.66. The standard InChI is InChI=1S/C26H28N4O3/c1-27-15-12-21(13-16-27)28-18-30(29-17-14-22(31)25(32)24(29)26(28)33)23(19-8-4-2-5-9-19)20-10-6-3-7-11-20/h2-11,14,17,21,23,32H,12-13,15-16,18H2,1H3. The molecule has 0 spiro atoms. The summed E-state index contributed by atoms with van der Waals surface area (Å²) in [5.74, 6) is -0.791. The van der Waals surface area contributed by atoms with Crippen LogP contribution >= 0.6 is 0 Å². The molecule has 1 aromatic heterocycles. The molecule has 2 aliphatic rings. The average molecular weight is 445 g/mol. The van der Waals surface area contributed by atoms with Crippen molar-refractivity contribution in [3.8, 4) is 5.75 Å². The van der Waals surface area contributed by atoms with Crippen LogP contribution in [-0.2, 0) is 0 Å². The monoisotopic (exact) mass is 444 g/mol. The number of amides is 1. The molecule has 1 saturated heterocycles. The molecule has 2 aliphatic heterocycles. The summed E-state index contributed by atoms with van der Waals surface area (Å²) < 4.78 is 1.66. The molecule has 0 radical (unpaired) electrons. The molecule has 2 aromatic carbocycles. The van der Waals surface area contributed by atoms with E-state index in [2.05, 4.69) is 41.2 Å². The zero-order valence-corrected chi connectivity index (χ0v) is 18.7. The summed E-state index contributed by atoms with van der Waals surface area (Å²) in [5, 5.41) is 12.8. The number of rotatable bonds is 4. The molecule has 1 amide bonds. The number of hydrogen-bond acceptors (Lipinski definition) is 5. The van der Waals surface area contributed by atoms with Gasteiger partial charge in [0.15, 0.2) is 11.4 Å². The molecule has 3 aromatic rings. The Kier molecular flexibility index (Phi) is 5.64. The minimum Gasteiger partial charge on any atom is -0.502 e. The van der Waals surface area contributed by atoms with Crippen LogP contribution in [0.3, 0.4) is 0 Å². The lowest BCUT2D eigenvalue weighted by molar-refractivity contribution is 0.0496. The molecule has 170 valence electrons. The van der Waals surface area contributed by atoms with Crippen LogP contribution in [0.5, 0.6) is 5.75 Å². The number of fused-ring (bicyclic) bond motifs is 1. The van der Waals surface area contributed by atoms with Gasteiger partial charge in [0, 0.05) is 18.3 Å². The molecular weight excluding hydrogens is 416 g/mol. The maximum absolute atomic E-state index is 13.6. The van der Waals surface area contributed by atoms with E-state index in [0.29, 0.717) is 6.67 Å². The van der Waals surface area contributed by atoms with E-state index in [9.17, 15) is 14.7 Å². The summed E-state index contributed by atoms with van der Waals surface area (Å²) in [4.78, 5) is 30.0. The Morgan fingerprint density at radius 2 is 1.45 bits per heavy atom. The lowest BCUT2D eigenvalue weighted by Crippen LogP contribution is -2.59. The van der Waals surface area contributed by atoms with Gasteiger partial charge >= 0.3 is 0 Å². The third-order valence-electron chi connectivity index (χ3n) is 6.75. The van der Waals surface area contributed by atoms with Gasteiger partial charge in [0.2, 0.25) is 5.43 Å². The second-order valence-electron chi connectivity index (χ2n) is 8.84. The number of carbonyl (C=O) groups is 1. The number of benzene rings is 2. The van der Waals surface area contributed by atoms with Crippen LogP contribution in [0.25, 0.3) is 0 Å². The van der Waals surface area contributed by atoms with Crippen molar-refractivity contribution in [1.82, 2.24) is 14.5 Å². The van der Waals surface area contributed by atoms with E-state index in [1.54, 1.807) is 10.9 Å². The summed E-state index contributed by atoms with van der Waals surface area (Å²) in [5.41, 5.74) is 1.61. The number of pyridine rings is 1. The number of aromatic nitrogens is 1. The Morgan fingerprint density at radius 1 is 0.879 bits per heavy atom. The highest BCUT2D eigenvalue weighted by Gasteiger charge is 2.39. The zero-order chi connectivity index (χ0) is 22.9. The fourth-order valence-corrected chi connectivity index (χ4v) is 4.96. The maximum Gasteiger partial charge on any atom is 0.278 e. The number of hydrogen-bond donors (Lipinski definition) is 1. The van der Waals surface area contributed by atoms with Crippen LogP contribution in [0.2, 0.25) is 0 Å². The van der Waals surface area contributed by atoms with Crippen LogP contribution in [0.4, 0.5) is 0 Å². The van der Waals surface area contributed by atoms with Crippen molar-refractivity contribution < 1.29 is 9.90 Å². The quantitative estimate of drug-likeness (QED) is 0.670. The summed E-state index contributed by atoms with van der Waals surface area (Å²) in [7, 11) is 2.09. The maximum atomic E-state index is 13.6. The van der Waals surface area contributed by atoms with Gasteiger partial charge in [-0.3, -0.25) is 19.3 Å². The fraction of sp³-hybridized carbons (Fsp3) is 0.308. The summed E-state index contributed by atoms with van der Waals surface area (Å²) in [6.45, 7) is 2.17. The molecule has 0 unspecified atom stereocenters. The first-order valence-corrected chi connectivity index (χ1v) is 11.4. The van der Waals surface area contributed by atoms with Crippen LogP contribution in [0, 0.1) is 0 Å². The molecule has 7 heteroatoms. The Bertz CT molecular complexity index is 1150. The largest absolute Gasteiger partial charge is 0.502 e. The minimum atomic E-state index is -0.546. The molecular formula is C26H28N4O3. The van der Waals surface area contributed by atoms with Gasteiger partial charge in [-0.1, -0.05) is 60.7 Å². The molecule has 0 bridgehead atoms. The summed E-state index contributed by atoms with van der Waals surface area (Å²) >= 11 is 0. The Labute approximate surface area is 193 Å². The smallest absolute Gasteiger partial charge is 0.278 e.